The number of halogens is 1. The van der Waals surface area contributed by atoms with Crippen LogP contribution in [0.3, 0.4) is 0 Å². The summed E-state index contributed by atoms with van der Waals surface area (Å²) in [4.78, 5) is 12.3. The maximum absolute atomic E-state index is 10.9. The van der Waals surface area contributed by atoms with Crippen molar-refractivity contribution < 1.29 is 9.66 Å². The van der Waals surface area contributed by atoms with E-state index in [0.29, 0.717) is 18.8 Å². The van der Waals surface area contributed by atoms with Crippen LogP contribution in [0.4, 0.5) is 11.4 Å². The van der Waals surface area contributed by atoms with Crippen LogP contribution < -0.4 is 4.90 Å². The molecule has 0 aliphatic rings. The highest BCUT2D eigenvalue weighted by atomic mass is 35.5. The molecule has 0 atom stereocenters. The minimum atomic E-state index is -0.454. The van der Waals surface area contributed by atoms with Gasteiger partial charge in [-0.1, -0.05) is 17.7 Å². The summed E-state index contributed by atoms with van der Waals surface area (Å²) in [5.41, 5.74) is 0.479. The largest absolute Gasteiger partial charge is 0.385 e. The van der Waals surface area contributed by atoms with Gasteiger partial charge in [-0.05, 0) is 18.6 Å². The van der Waals surface area contributed by atoms with Crippen LogP contribution in [-0.2, 0) is 4.74 Å². The van der Waals surface area contributed by atoms with Gasteiger partial charge in [0.2, 0.25) is 0 Å². The van der Waals surface area contributed by atoms with E-state index in [2.05, 4.69) is 0 Å². The van der Waals surface area contributed by atoms with Gasteiger partial charge in [0.25, 0.3) is 0 Å². The molecule has 0 saturated heterocycles. The quantitative estimate of drug-likeness (QED) is 0.447. The molecule has 5 nitrogen and oxygen atoms in total. The highest BCUT2D eigenvalue weighted by Gasteiger charge is 2.20. The second kappa shape index (κ2) is 6.42. The van der Waals surface area contributed by atoms with Crippen LogP contribution in [0.15, 0.2) is 18.2 Å². The molecule has 0 aliphatic carbocycles. The number of hydrogen-bond acceptors (Lipinski definition) is 4. The zero-order valence-electron chi connectivity index (χ0n) is 9.85. The maximum atomic E-state index is 10.9. The average molecular weight is 259 g/mol. The second-order valence-corrected chi connectivity index (χ2v) is 4.04. The third-order valence-corrected chi connectivity index (χ3v) is 2.71. The number of methoxy groups -OCH3 is 1. The normalized spacial score (nSPS) is 10.3. The van der Waals surface area contributed by atoms with Crippen LogP contribution in [0, 0.1) is 10.1 Å². The van der Waals surface area contributed by atoms with Gasteiger partial charge in [0.05, 0.1) is 4.92 Å². The zero-order valence-corrected chi connectivity index (χ0v) is 10.6. The number of benzene rings is 1. The molecular formula is C11H15ClN2O3. The molecule has 0 aliphatic heterocycles. The van der Waals surface area contributed by atoms with Crippen molar-refractivity contribution in [2.75, 3.05) is 32.2 Å². The van der Waals surface area contributed by atoms with E-state index in [0.717, 1.165) is 6.42 Å². The Morgan fingerprint density at radius 1 is 1.53 bits per heavy atom. The van der Waals surface area contributed by atoms with Crippen LogP contribution in [-0.4, -0.2) is 32.2 Å². The van der Waals surface area contributed by atoms with E-state index in [-0.39, 0.29) is 10.7 Å². The van der Waals surface area contributed by atoms with Crippen molar-refractivity contribution in [3.8, 4) is 0 Å². The lowest BCUT2D eigenvalue weighted by molar-refractivity contribution is -0.384. The fraction of sp³-hybridized carbons (Fsp3) is 0.455. The van der Waals surface area contributed by atoms with E-state index in [4.69, 9.17) is 16.3 Å². The number of nitro groups is 1. The van der Waals surface area contributed by atoms with Crippen molar-refractivity contribution >= 4 is 23.0 Å². The Bertz CT molecular complexity index is 398. The van der Waals surface area contributed by atoms with Crippen molar-refractivity contribution in [3.05, 3.63) is 33.3 Å². The van der Waals surface area contributed by atoms with Gasteiger partial charge < -0.3 is 9.64 Å². The summed E-state index contributed by atoms with van der Waals surface area (Å²) in [7, 11) is 3.43. The summed E-state index contributed by atoms with van der Waals surface area (Å²) in [6, 6.07) is 4.92. The van der Waals surface area contributed by atoms with Crippen LogP contribution in [0.5, 0.6) is 0 Å². The van der Waals surface area contributed by atoms with Crippen LogP contribution >= 0.6 is 11.6 Å². The van der Waals surface area contributed by atoms with Gasteiger partial charge in [-0.25, -0.2) is 0 Å². The van der Waals surface area contributed by atoms with E-state index in [9.17, 15) is 10.1 Å². The SMILES string of the molecule is COCCCN(C)c1cccc(Cl)c1[N+](=O)[O-]. The first kappa shape index (κ1) is 13.7. The van der Waals surface area contributed by atoms with Crippen LogP contribution in [0.2, 0.25) is 5.02 Å². The molecule has 0 aromatic heterocycles. The molecule has 0 N–H and O–H groups in total. The Kier molecular flexibility index (Phi) is 5.18. The number of para-hydroxylation sites is 1. The van der Waals surface area contributed by atoms with Crippen molar-refractivity contribution in [1.29, 1.82) is 0 Å². The topological polar surface area (TPSA) is 55.6 Å². The lowest BCUT2D eigenvalue weighted by atomic mass is 10.2. The van der Waals surface area contributed by atoms with Gasteiger partial charge in [0.1, 0.15) is 10.7 Å². The number of rotatable bonds is 6. The first-order chi connectivity index (χ1) is 8.07. The molecule has 0 fully saturated rings. The summed E-state index contributed by atoms with van der Waals surface area (Å²) in [6.07, 6.45) is 0.802. The number of hydrogen-bond donors (Lipinski definition) is 0. The van der Waals surface area contributed by atoms with Crippen LogP contribution in [0.25, 0.3) is 0 Å². The standard InChI is InChI=1S/C11H15ClN2O3/c1-13(7-4-8-17-2)10-6-3-5-9(12)11(10)14(15)16/h3,5-6H,4,7-8H2,1-2H3. The molecule has 94 valence electrons. The Balaban J connectivity index is 2.89. The molecule has 1 aromatic rings. The molecule has 6 heteroatoms. The summed E-state index contributed by atoms with van der Waals surface area (Å²) >= 11 is 5.84. The summed E-state index contributed by atoms with van der Waals surface area (Å²) in [6.45, 7) is 1.30. The van der Waals surface area contributed by atoms with Crippen molar-refractivity contribution in [2.45, 2.75) is 6.42 Å². The van der Waals surface area contributed by atoms with Crippen molar-refractivity contribution in [2.24, 2.45) is 0 Å². The Morgan fingerprint density at radius 2 is 2.24 bits per heavy atom. The lowest BCUT2D eigenvalue weighted by Gasteiger charge is -2.19. The maximum Gasteiger partial charge on any atom is 0.310 e. The van der Waals surface area contributed by atoms with Gasteiger partial charge in [0, 0.05) is 27.3 Å². The van der Waals surface area contributed by atoms with Gasteiger partial charge in [-0.15, -0.1) is 0 Å². The highest BCUT2D eigenvalue weighted by Crippen LogP contribution is 2.34. The molecule has 0 spiro atoms. The van der Waals surface area contributed by atoms with Gasteiger partial charge in [-0.3, -0.25) is 10.1 Å². The van der Waals surface area contributed by atoms with Gasteiger partial charge >= 0.3 is 5.69 Å². The number of nitro benzene ring substituents is 1. The molecule has 1 aromatic carbocycles. The van der Waals surface area contributed by atoms with E-state index in [1.807, 2.05) is 4.90 Å². The number of anilines is 1. The molecule has 1 rings (SSSR count). The number of nitrogens with zero attached hydrogens (tertiary/aromatic N) is 2. The first-order valence-electron chi connectivity index (χ1n) is 5.21. The van der Waals surface area contributed by atoms with Crippen LogP contribution in [0.1, 0.15) is 6.42 Å². The minimum absolute atomic E-state index is 0.0471. The van der Waals surface area contributed by atoms with E-state index in [1.54, 1.807) is 26.3 Å². The van der Waals surface area contributed by atoms with E-state index >= 15 is 0 Å². The lowest BCUT2D eigenvalue weighted by Crippen LogP contribution is -2.20. The third-order valence-electron chi connectivity index (χ3n) is 2.40. The second-order valence-electron chi connectivity index (χ2n) is 3.63. The predicted molar refractivity (Wildman–Crippen MR) is 67.9 cm³/mol. The molecule has 0 bridgehead atoms. The van der Waals surface area contributed by atoms with Gasteiger partial charge in [0.15, 0.2) is 0 Å². The molecule has 0 radical (unpaired) electrons. The first-order valence-corrected chi connectivity index (χ1v) is 5.58. The van der Waals surface area contributed by atoms with E-state index in [1.165, 1.54) is 6.07 Å². The smallest absolute Gasteiger partial charge is 0.310 e. The summed E-state index contributed by atoms with van der Waals surface area (Å²) in [5, 5.41) is 11.1. The Hall–Kier alpha value is -1.33. The monoisotopic (exact) mass is 258 g/mol. The summed E-state index contributed by atoms with van der Waals surface area (Å²) < 4.78 is 4.94. The average Bonchev–Trinajstić information content (AvgIpc) is 2.28. The van der Waals surface area contributed by atoms with E-state index < -0.39 is 4.92 Å². The molecule has 0 unspecified atom stereocenters. The third kappa shape index (κ3) is 3.57. The number of ether oxygens (including phenoxy) is 1. The summed E-state index contributed by atoms with van der Waals surface area (Å²) in [5.74, 6) is 0. The molecule has 0 amide bonds. The molecule has 0 heterocycles. The predicted octanol–water partition coefficient (Wildman–Crippen LogP) is 2.72. The highest BCUT2D eigenvalue weighted by molar-refractivity contribution is 6.33. The van der Waals surface area contributed by atoms with Crippen molar-refractivity contribution in [3.63, 3.8) is 0 Å². The Morgan fingerprint density at radius 3 is 2.82 bits per heavy atom. The molecular weight excluding hydrogens is 244 g/mol. The zero-order chi connectivity index (χ0) is 12.8. The van der Waals surface area contributed by atoms with Crippen molar-refractivity contribution in [1.82, 2.24) is 0 Å². The van der Waals surface area contributed by atoms with Gasteiger partial charge in [-0.2, -0.15) is 0 Å². The minimum Gasteiger partial charge on any atom is -0.385 e. The Labute approximate surface area is 105 Å². The fourth-order valence-corrected chi connectivity index (χ4v) is 1.80. The molecule has 17 heavy (non-hydrogen) atoms. The molecule has 0 saturated carbocycles. The fourth-order valence-electron chi connectivity index (χ4n) is 1.56.